The minimum Gasteiger partial charge on any atom is -0.299 e. The molecule has 1 aliphatic rings. The van der Waals surface area contributed by atoms with E-state index in [1.54, 1.807) is 71.4 Å². The summed E-state index contributed by atoms with van der Waals surface area (Å²) >= 11 is 12.4. The Bertz CT molecular complexity index is 1460. The highest BCUT2D eigenvalue weighted by atomic mass is 35.5. The zero-order valence-electron chi connectivity index (χ0n) is 18.0. The van der Waals surface area contributed by atoms with Crippen LogP contribution in [-0.4, -0.2) is 32.0 Å². The quantitative estimate of drug-likeness (QED) is 0.273. The standard InChI is InChI=1S/C26H17Cl2N3O3/c1-15-13-29-23(14-30-25(33)17-6-2-3-7-18(17)26(30)34)31(15)22-9-5-4-8-19(22)24(32)20-12-16(27)10-11-21(20)28/h2-13H,14H2,1H3. The van der Waals surface area contributed by atoms with Gasteiger partial charge in [0.1, 0.15) is 5.82 Å². The SMILES string of the molecule is Cc1cnc(CN2C(=O)c3ccccc3C2=O)n1-c1ccccc1C(=O)c1cc(Cl)ccc1Cl. The van der Waals surface area contributed by atoms with Crippen molar-refractivity contribution in [1.82, 2.24) is 14.5 Å². The van der Waals surface area contributed by atoms with Crippen molar-refractivity contribution >= 4 is 40.8 Å². The monoisotopic (exact) mass is 489 g/mol. The van der Waals surface area contributed by atoms with Gasteiger partial charge in [0.05, 0.1) is 28.4 Å². The van der Waals surface area contributed by atoms with Gasteiger partial charge >= 0.3 is 0 Å². The van der Waals surface area contributed by atoms with Crippen molar-refractivity contribution in [3.05, 3.63) is 117 Å². The molecule has 5 rings (SSSR count). The van der Waals surface area contributed by atoms with E-state index in [-0.39, 0.29) is 34.7 Å². The number of amides is 2. The molecule has 0 bridgehead atoms. The third-order valence-electron chi connectivity index (χ3n) is 5.75. The number of ketones is 1. The molecule has 0 aliphatic carbocycles. The largest absolute Gasteiger partial charge is 0.299 e. The van der Waals surface area contributed by atoms with Gasteiger partial charge in [-0.05, 0) is 49.4 Å². The Morgan fingerprint density at radius 1 is 0.882 bits per heavy atom. The Morgan fingerprint density at radius 2 is 1.53 bits per heavy atom. The number of aryl methyl sites for hydroxylation is 1. The second-order valence-electron chi connectivity index (χ2n) is 7.86. The molecule has 8 heteroatoms. The molecular formula is C26H17Cl2N3O3. The van der Waals surface area contributed by atoms with Crippen LogP contribution in [-0.2, 0) is 6.54 Å². The summed E-state index contributed by atoms with van der Waals surface area (Å²) in [4.78, 5) is 44.8. The fourth-order valence-corrected chi connectivity index (χ4v) is 4.50. The van der Waals surface area contributed by atoms with Crippen molar-refractivity contribution in [1.29, 1.82) is 0 Å². The summed E-state index contributed by atoms with van der Waals surface area (Å²) in [5.74, 6) is -0.599. The molecule has 0 atom stereocenters. The number of imide groups is 1. The smallest absolute Gasteiger partial charge is 0.261 e. The van der Waals surface area contributed by atoms with E-state index in [9.17, 15) is 14.4 Å². The summed E-state index contributed by atoms with van der Waals surface area (Å²) in [5.41, 5.74) is 2.70. The third-order valence-corrected chi connectivity index (χ3v) is 6.32. The maximum atomic E-state index is 13.5. The first kappa shape index (κ1) is 22.1. The van der Waals surface area contributed by atoms with Crippen LogP contribution in [0, 0.1) is 6.92 Å². The normalized spacial score (nSPS) is 12.9. The lowest BCUT2D eigenvalue weighted by atomic mass is 10.0. The number of benzene rings is 3. The van der Waals surface area contributed by atoms with Gasteiger partial charge in [-0.3, -0.25) is 23.9 Å². The first-order valence-electron chi connectivity index (χ1n) is 10.4. The van der Waals surface area contributed by atoms with Crippen LogP contribution in [0.25, 0.3) is 5.69 Å². The van der Waals surface area contributed by atoms with Crippen LogP contribution >= 0.6 is 23.2 Å². The molecule has 3 aromatic carbocycles. The van der Waals surface area contributed by atoms with E-state index in [1.165, 1.54) is 11.0 Å². The van der Waals surface area contributed by atoms with Crippen LogP contribution in [0.4, 0.5) is 0 Å². The zero-order chi connectivity index (χ0) is 24.0. The molecule has 4 aromatic rings. The second-order valence-corrected chi connectivity index (χ2v) is 8.71. The molecule has 34 heavy (non-hydrogen) atoms. The molecular weight excluding hydrogens is 473 g/mol. The lowest BCUT2D eigenvalue weighted by molar-refractivity contribution is 0.0637. The summed E-state index contributed by atoms with van der Waals surface area (Å²) in [5, 5.41) is 0.688. The Labute approximate surface area is 205 Å². The third kappa shape index (κ3) is 3.61. The van der Waals surface area contributed by atoms with Gasteiger partial charge in [-0.25, -0.2) is 4.98 Å². The number of para-hydroxylation sites is 1. The maximum absolute atomic E-state index is 13.5. The fraction of sp³-hybridized carbons (Fsp3) is 0.0769. The molecule has 0 N–H and O–H groups in total. The molecule has 0 spiro atoms. The maximum Gasteiger partial charge on any atom is 0.261 e. The van der Waals surface area contributed by atoms with Gasteiger partial charge in [0, 0.05) is 28.0 Å². The van der Waals surface area contributed by atoms with Crippen molar-refractivity contribution in [2.24, 2.45) is 0 Å². The molecule has 0 fully saturated rings. The highest BCUT2D eigenvalue weighted by Gasteiger charge is 2.36. The highest BCUT2D eigenvalue weighted by molar-refractivity contribution is 6.37. The van der Waals surface area contributed by atoms with Crippen molar-refractivity contribution in [2.75, 3.05) is 0 Å². The van der Waals surface area contributed by atoms with Crippen LogP contribution in [0.3, 0.4) is 0 Å². The number of aromatic nitrogens is 2. The lowest BCUT2D eigenvalue weighted by Crippen LogP contribution is -2.30. The lowest BCUT2D eigenvalue weighted by Gasteiger charge is -2.18. The van der Waals surface area contributed by atoms with E-state index in [0.717, 1.165) is 5.69 Å². The van der Waals surface area contributed by atoms with Crippen molar-refractivity contribution in [2.45, 2.75) is 13.5 Å². The minimum absolute atomic E-state index is 0.0410. The fourth-order valence-electron chi connectivity index (χ4n) is 4.13. The molecule has 2 amide bonds. The number of imidazole rings is 1. The topological polar surface area (TPSA) is 72.3 Å². The summed E-state index contributed by atoms with van der Waals surface area (Å²) in [6, 6.07) is 18.5. The highest BCUT2D eigenvalue weighted by Crippen LogP contribution is 2.29. The molecule has 1 aromatic heterocycles. The predicted octanol–water partition coefficient (Wildman–Crippen LogP) is 5.51. The molecule has 0 radical (unpaired) electrons. The molecule has 0 unspecified atom stereocenters. The number of nitrogens with zero attached hydrogens (tertiary/aromatic N) is 3. The van der Waals surface area contributed by atoms with Crippen molar-refractivity contribution in [3.63, 3.8) is 0 Å². The van der Waals surface area contributed by atoms with Gasteiger partial charge in [0.2, 0.25) is 0 Å². The Balaban J connectivity index is 1.56. The number of halogens is 2. The predicted molar refractivity (Wildman–Crippen MR) is 129 cm³/mol. The number of hydrogen-bond donors (Lipinski definition) is 0. The van der Waals surface area contributed by atoms with Crippen LogP contribution in [0.5, 0.6) is 0 Å². The summed E-state index contributed by atoms with van der Waals surface area (Å²) in [6.07, 6.45) is 1.64. The summed E-state index contributed by atoms with van der Waals surface area (Å²) in [6.45, 7) is 1.80. The average Bonchev–Trinajstić information content (AvgIpc) is 3.32. The molecule has 1 aliphatic heterocycles. The summed E-state index contributed by atoms with van der Waals surface area (Å²) < 4.78 is 1.77. The van der Waals surface area contributed by atoms with E-state index >= 15 is 0 Å². The Morgan fingerprint density at radius 3 is 2.24 bits per heavy atom. The second kappa shape index (κ2) is 8.56. The van der Waals surface area contributed by atoms with Crippen LogP contribution in [0.1, 0.15) is 48.2 Å². The zero-order valence-corrected chi connectivity index (χ0v) is 19.5. The van der Waals surface area contributed by atoms with Crippen LogP contribution in [0.15, 0.2) is 72.9 Å². The van der Waals surface area contributed by atoms with Gasteiger partial charge in [-0.2, -0.15) is 0 Å². The number of hydrogen-bond acceptors (Lipinski definition) is 4. The van der Waals surface area contributed by atoms with Gasteiger partial charge < -0.3 is 0 Å². The molecule has 2 heterocycles. The molecule has 0 saturated carbocycles. The van der Waals surface area contributed by atoms with E-state index in [1.807, 2.05) is 6.92 Å². The van der Waals surface area contributed by atoms with Gasteiger partial charge in [0.25, 0.3) is 11.8 Å². The van der Waals surface area contributed by atoms with Gasteiger partial charge in [0.15, 0.2) is 5.78 Å². The van der Waals surface area contributed by atoms with E-state index in [0.29, 0.717) is 33.2 Å². The molecule has 0 saturated heterocycles. The number of fused-ring (bicyclic) bond motifs is 1. The Kier molecular flexibility index (Phi) is 5.55. The van der Waals surface area contributed by atoms with Crippen LogP contribution in [0.2, 0.25) is 10.0 Å². The average molecular weight is 490 g/mol. The Hall–Kier alpha value is -3.74. The molecule has 6 nitrogen and oxygen atoms in total. The van der Waals surface area contributed by atoms with E-state index in [2.05, 4.69) is 4.98 Å². The van der Waals surface area contributed by atoms with E-state index < -0.39 is 0 Å². The first-order valence-corrected chi connectivity index (χ1v) is 11.2. The number of carbonyl (C=O) groups is 3. The van der Waals surface area contributed by atoms with Crippen molar-refractivity contribution < 1.29 is 14.4 Å². The summed E-state index contributed by atoms with van der Waals surface area (Å²) in [7, 11) is 0. The van der Waals surface area contributed by atoms with E-state index in [4.69, 9.17) is 23.2 Å². The van der Waals surface area contributed by atoms with Gasteiger partial charge in [-0.1, -0.05) is 47.5 Å². The minimum atomic E-state index is -0.372. The van der Waals surface area contributed by atoms with Crippen LogP contribution < -0.4 is 0 Å². The van der Waals surface area contributed by atoms with Crippen molar-refractivity contribution in [3.8, 4) is 5.69 Å². The number of rotatable bonds is 5. The first-order chi connectivity index (χ1) is 16.4. The molecule has 168 valence electrons. The van der Waals surface area contributed by atoms with Gasteiger partial charge in [-0.15, -0.1) is 0 Å². The number of carbonyl (C=O) groups excluding carboxylic acids is 3.